The van der Waals surface area contributed by atoms with E-state index in [1.165, 1.54) is 28.5 Å². The van der Waals surface area contributed by atoms with Gasteiger partial charge in [-0.25, -0.2) is 4.98 Å². The van der Waals surface area contributed by atoms with Crippen LogP contribution in [0.1, 0.15) is 36.4 Å². The fraction of sp³-hybridized carbons (Fsp3) is 0.786. The second kappa shape index (κ2) is 6.20. The van der Waals surface area contributed by atoms with E-state index in [0.717, 1.165) is 13.1 Å². The number of hydrogen-bond acceptors (Lipinski definition) is 5. The van der Waals surface area contributed by atoms with Gasteiger partial charge in [-0.15, -0.1) is 11.3 Å². The summed E-state index contributed by atoms with van der Waals surface area (Å²) >= 11 is 1.85. The van der Waals surface area contributed by atoms with Crippen LogP contribution in [0.2, 0.25) is 0 Å². The third kappa shape index (κ3) is 3.27. The number of anilines is 1. The Balaban J connectivity index is 2.17. The lowest BCUT2D eigenvalue weighted by atomic mass is 10.2. The van der Waals surface area contributed by atoms with Crippen LogP contribution in [-0.2, 0) is 0 Å². The van der Waals surface area contributed by atoms with Gasteiger partial charge in [-0.2, -0.15) is 0 Å². The van der Waals surface area contributed by atoms with E-state index in [1.807, 2.05) is 18.4 Å². The lowest BCUT2D eigenvalue weighted by Crippen LogP contribution is -2.37. The largest absolute Gasteiger partial charge is 0.344 e. The first kappa shape index (κ1) is 14.8. The van der Waals surface area contributed by atoms with E-state index in [4.69, 9.17) is 4.98 Å². The van der Waals surface area contributed by atoms with Crippen LogP contribution < -0.4 is 10.2 Å². The molecule has 5 heteroatoms. The summed E-state index contributed by atoms with van der Waals surface area (Å²) in [6.45, 7) is 6.60. The highest BCUT2D eigenvalue weighted by atomic mass is 32.1. The average molecular weight is 282 g/mol. The second-order valence-corrected chi connectivity index (χ2v) is 6.72. The van der Waals surface area contributed by atoms with E-state index < -0.39 is 0 Å². The summed E-state index contributed by atoms with van der Waals surface area (Å²) in [6, 6.07) is 1.01. The summed E-state index contributed by atoms with van der Waals surface area (Å²) in [6.07, 6.45) is 2.57. The first-order valence-electron chi connectivity index (χ1n) is 7.09. The number of nitrogens with zero attached hydrogens (tertiary/aromatic N) is 3. The van der Waals surface area contributed by atoms with Gasteiger partial charge in [0.2, 0.25) is 0 Å². The number of aromatic nitrogens is 1. The molecule has 0 bridgehead atoms. The number of likely N-dealkylation sites (N-methyl/N-ethyl adjacent to an activating group) is 1. The van der Waals surface area contributed by atoms with Crippen LogP contribution in [0.4, 0.5) is 5.13 Å². The lowest BCUT2D eigenvalue weighted by molar-refractivity contribution is 0.372. The van der Waals surface area contributed by atoms with Crippen molar-refractivity contribution in [1.82, 2.24) is 15.2 Å². The molecule has 1 aromatic heterocycles. The smallest absolute Gasteiger partial charge is 0.186 e. The monoisotopic (exact) mass is 282 g/mol. The maximum Gasteiger partial charge on any atom is 0.186 e. The maximum atomic E-state index is 4.81. The molecule has 1 aliphatic rings. The van der Waals surface area contributed by atoms with E-state index in [-0.39, 0.29) is 0 Å². The van der Waals surface area contributed by atoms with Crippen LogP contribution in [0.5, 0.6) is 0 Å². The number of thiazole rings is 1. The predicted molar refractivity (Wildman–Crippen MR) is 83.2 cm³/mol. The zero-order valence-electron chi connectivity index (χ0n) is 12.7. The van der Waals surface area contributed by atoms with Crippen molar-refractivity contribution >= 4 is 16.5 Å². The second-order valence-electron chi connectivity index (χ2n) is 5.71. The van der Waals surface area contributed by atoms with Crippen molar-refractivity contribution in [1.29, 1.82) is 0 Å². The average Bonchev–Trinajstić information content (AvgIpc) is 2.94. The van der Waals surface area contributed by atoms with Gasteiger partial charge in [0.1, 0.15) is 0 Å². The highest BCUT2D eigenvalue weighted by molar-refractivity contribution is 7.15. The summed E-state index contributed by atoms with van der Waals surface area (Å²) in [5.41, 5.74) is 1.18. The van der Waals surface area contributed by atoms with Crippen LogP contribution in [0.25, 0.3) is 0 Å². The van der Waals surface area contributed by atoms with Gasteiger partial charge in [-0.05, 0) is 47.8 Å². The van der Waals surface area contributed by atoms with Crippen molar-refractivity contribution in [3.8, 4) is 0 Å². The van der Waals surface area contributed by atoms with E-state index >= 15 is 0 Å². The summed E-state index contributed by atoms with van der Waals surface area (Å²) in [7, 11) is 6.31. The molecule has 1 fully saturated rings. The first-order valence-corrected chi connectivity index (χ1v) is 7.90. The topological polar surface area (TPSA) is 31.4 Å². The highest BCUT2D eigenvalue weighted by Gasteiger charge is 2.28. The van der Waals surface area contributed by atoms with Crippen LogP contribution in [0.3, 0.4) is 0 Å². The number of hydrogen-bond donors (Lipinski definition) is 1. The van der Waals surface area contributed by atoms with Gasteiger partial charge >= 0.3 is 0 Å². The number of rotatable bonds is 5. The minimum atomic E-state index is 0.390. The number of aryl methyl sites for hydroxylation is 1. The first-order chi connectivity index (χ1) is 9.02. The Morgan fingerprint density at radius 2 is 2.26 bits per heavy atom. The molecule has 0 spiro atoms. The van der Waals surface area contributed by atoms with Crippen molar-refractivity contribution < 1.29 is 0 Å². The van der Waals surface area contributed by atoms with E-state index in [1.54, 1.807) is 0 Å². The Hall–Kier alpha value is -0.650. The minimum Gasteiger partial charge on any atom is -0.344 e. The minimum absolute atomic E-state index is 0.390. The molecule has 0 aliphatic carbocycles. The molecule has 1 aromatic rings. The molecule has 2 unspecified atom stereocenters. The molecule has 108 valence electrons. The summed E-state index contributed by atoms with van der Waals surface area (Å²) in [5, 5.41) is 4.52. The van der Waals surface area contributed by atoms with Gasteiger partial charge in [0.05, 0.1) is 5.69 Å². The molecule has 2 heterocycles. The quantitative estimate of drug-likeness (QED) is 0.897. The molecule has 0 amide bonds. The Bertz CT molecular complexity index is 416. The van der Waals surface area contributed by atoms with Crippen LogP contribution in [0.15, 0.2) is 0 Å². The molecule has 0 saturated carbocycles. The van der Waals surface area contributed by atoms with Crippen molar-refractivity contribution in [2.24, 2.45) is 0 Å². The fourth-order valence-electron chi connectivity index (χ4n) is 2.75. The molecule has 19 heavy (non-hydrogen) atoms. The Morgan fingerprint density at radius 1 is 1.53 bits per heavy atom. The Morgan fingerprint density at radius 3 is 2.89 bits per heavy atom. The molecule has 0 aromatic carbocycles. The SMILES string of the molecule is CNC(C)c1sc(N2CCCC2CN(C)C)nc1C. The zero-order valence-corrected chi connectivity index (χ0v) is 13.5. The van der Waals surface area contributed by atoms with Gasteiger partial charge in [0, 0.05) is 30.1 Å². The summed E-state index contributed by atoms with van der Waals surface area (Å²) in [4.78, 5) is 11.0. The molecule has 1 N–H and O–H groups in total. The normalized spacial score (nSPS) is 21.4. The molecule has 1 saturated heterocycles. The molecular weight excluding hydrogens is 256 g/mol. The van der Waals surface area contributed by atoms with Gasteiger partial charge in [-0.3, -0.25) is 0 Å². The van der Waals surface area contributed by atoms with Gasteiger partial charge in [0.25, 0.3) is 0 Å². The van der Waals surface area contributed by atoms with Crippen molar-refractivity contribution in [2.45, 2.75) is 38.8 Å². The van der Waals surface area contributed by atoms with Crippen molar-refractivity contribution in [3.05, 3.63) is 10.6 Å². The van der Waals surface area contributed by atoms with Crippen LogP contribution in [0, 0.1) is 6.92 Å². The Labute approximate surface area is 120 Å². The molecule has 2 atom stereocenters. The molecule has 4 nitrogen and oxygen atoms in total. The highest BCUT2D eigenvalue weighted by Crippen LogP contribution is 2.34. The van der Waals surface area contributed by atoms with Gasteiger partial charge in [0.15, 0.2) is 5.13 Å². The van der Waals surface area contributed by atoms with Gasteiger partial charge in [-0.1, -0.05) is 0 Å². The Kier molecular flexibility index (Phi) is 4.81. The third-order valence-electron chi connectivity index (χ3n) is 3.85. The molecule has 0 radical (unpaired) electrons. The van der Waals surface area contributed by atoms with Crippen molar-refractivity contribution in [3.63, 3.8) is 0 Å². The van der Waals surface area contributed by atoms with Crippen molar-refractivity contribution in [2.75, 3.05) is 39.1 Å². The maximum absolute atomic E-state index is 4.81. The zero-order chi connectivity index (χ0) is 14.0. The molecule has 2 rings (SSSR count). The fourth-order valence-corrected chi connectivity index (χ4v) is 3.97. The van der Waals surface area contributed by atoms with Crippen LogP contribution in [-0.4, -0.2) is 50.2 Å². The molecular formula is C14H26N4S. The lowest BCUT2D eigenvalue weighted by Gasteiger charge is -2.26. The van der Waals surface area contributed by atoms with Crippen LogP contribution >= 0.6 is 11.3 Å². The third-order valence-corrected chi connectivity index (χ3v) is 5.22. The van der Waals surface area contributed by atoms with Gasteiger partial charge < -0.3 is 15.1 Å². The standard InChI is InChI=1S/C14H26N4S/c1-10(15-3)13-11(2)16-14(19-13)18-8-6-7-12(18)9-17(4)5/h10,12,15H,6-9H2,1-5H3. The number of nitrogens with one attached hydrogen (secondary N) is 1. The van der Waals surface area contributed by atoms with E-state index in [2.05, 4.69) is 43.1 Å². The van der Waals surface area contributed by atoms with E-state index in [0.29, 0.717) is 12.1 Å². The summed E-state index contributed by atoms with van der Waals surface area (Å²) in [5.74, 6) is 0. The van der Waals surface area contributed by atoms with E-state index in [9.17, 15) is 0 Å². The predicted octanol–water partition coefficient (Wildman–Crippen LogP) is 2.26. The summed E-state index contributed by atoms with van der Waals surface area (Å²) < 4.78 is 0. The molecule has 1 aliphatic heterocycles.